The molecular formula is C24H25N3O4. The van der Waals surface area contributed by atoms with E-state index in [1.54, 1.807) is 17.0 Å². The fourth-order valence-corrected chi connectivity index (χ4v) is 3.90. The second kappa shape index (κ2) is 9.14. The highest BCUT2D eigenvalue weighted by Crippen LogP contribution is 2.20. The van der Waals surface area contributed by atoms with Gasteiger partial charge in [0.2, 0.25) is 5.91 Å². The molecule has 0 aliphatic carbocycles. The third kappa shape index (κ3) is 4.36. The SMILES string of the molecule is CCc1ccccc1NC(=O)Cn1c(=O)cc(C(=O)N2CCOCC2)c2ccccc21. The number of pyridine rings is 1. The first-order valence-electron chi connectivity index (χ1n) is 10.5. The van der Waals surface area contributed by atoms with Crippen LogP contribution in [0, 0.1) is 0 Å². The van der Waals surface area contributed by atoms with Crippen molar-refractivity contribution < 1.29 is 14.3 Å². The molecule has 2 aromatic carbocycles. The largest absolute Gasteiger partial charge is 0.378 e. The molecule has 0 radical (unpaired) electrons. The average molecular weight is 419 g/mol. The maximum Gasteiger partial charge on any atom is 0.254 e. The standard InChI is InChI=1S/C24H25N3O4/c1-2-17-7-3-5-9-20(17)25-22(28)16-27-21-10-6-4-8-18(21)19(15-23(27)29)24(30)26-11-13-31-14-12-26/h3-10,15H,2,11-14,16H2,1H3,(H,25,28). The molecule has 31 heavy (non-hydrogen) atoms. The molecule has 3 aromatic rings. The second-order valence-electron chi connectivity index (χ2n) is 7.46. The predicted octanol–water partition coefficient (Wildman–Crippen LogP) is 2.68. The van der Waals surface area contributed by atoms with E-state index < -0.39 is 0 Å². The number of ether oxygens (including phenoxy) is 1. The first-order chi connectivity index (χ1) is 15.1. The summed E-state index contributed by atoms with van der Waals surface area (Å²) in [6, 6.07) is 16.1. The molecule has 7 nitrogen and oxygen atoms in total. The van der Waals surface area contributed by atoms with Crippen LogP contribution in [0.15, 0.2) is 59.4 Å². The number of rotatable bonds is 5. The number of carbonyl (C=O) groups excluding carboxylic acids is 2. The number of nitrogens with zero attached hydrogens (tertiary/aromatic N) is 2. The quantitative estimate of drug-likeness (QED) is 0.690. The Kier molecular flexibility index (Phi) is 6.13. The van der Waals surface area contributed by atoms with Crippen molar-refractivity contribution in [2.45, 2.75) is 19.9 Å². The number of anilines is 1. The minimum absolute atomic E-state index is 0.135. The zero-order valence-electron chi connectivity index (χ0n) is 17.5. The lowest BCUT2D eigenvalue weighted by molar-refractivity contribution is -0.116. The first-order valence-corrected chi connectivity index (χ1v) is 10.5. The highest BCUT2D eigenvalue weighted by atomic mass is 16.5. The highest BCUT2D eigenvalue weighted by Gasteiger charge is 2.22. The molecule has 1 N–H and O–H groups in total. The Bertz CT molecular complexity index is 1180. The summed E-state index contributed by atoms with van der Waals surface area (Å²) < 4.78 is 6.73. The number of benzene rings is 2. The van der Waals surface area contributed by atoms with Crippen molar-refractivity contribution in [3.8, 4) is 0 Å². The minimum Gasteiger partial charge on any atom is -0.378 e. The van der Waals surface area contributed by atoms with Crippen LogP contribution in [0.1, 0.15) is 22.8 Å². The summed E-state index contributed by atoms with van der Waals surface area (Å²) in [6.07, 6.45) is 0.789. The molecule has 0 saturated carbocycles. The molecule has 1 fully saturated rings. The predicted molar refractivity (Wildman–Crippen MR) is 119 cm³/mol. The Morgan fingerprint density at radius 2 is 1.74 bits per heavy atom. The first kappa shape index (κ1) is 20.8. The van der Waals surface area contributed by atoms with E-state index in [0.717, 1.165) is 17.7 Å². The zero-order chi connectivity index (χ0) is 21.8. The van der Waals surface area contributed by atoms with Crippen LogP contribution in [0.5, 0.6) is 0 Å². The number of amides is 2. The number of morpholine rings is 1. The molecule has 7 heteroatoms. The lowest BCUT2D eigenvalue weighted by atomic mass is 10.1. The van der Waals surface area contributed by atoms with Crippen LogP contribution >= 0.6 is 0 Å². The Morgan fingerprint density at radius 3 is 2.52 bits per heavy atom. The van der Waals surface area contributed by atoms with Crippen molar-refractivity contribution in [3.05, 3.63) is 76.1 Å². The highest BCUT2D eigenvalue weighted by molar-refractivity contribution is 6.06. The van der Waals surface area contributed by atoms with E-state index in [-0.39, 0.29) is 23.9 Å². The number of fused-ring (bicyclic) bond motifs is 1. The van der Waals surface area contributed by atoms with Crippen LogP contribution in [0.4, 0.5) is 5.69 Å². The third-order valence-corrected chi connectivity index (χ3v) is 5.52. The van der Waals surface area contributed by atoms with E-state index in [1.807, 2.05) is 43.3 Å². The monoisotopic (exact) mass is 419 g/mol. The Balaban J connectivity index is 1.66. The summed E-state index contributed by atoms with van der Waals surface area (Å²) in [5, 5.41) is 3.56. The van der Waals surface area contributed by atoms with Gasteiger partial charge in [-0.2, -0.15) is 0 Å². The van der Waals surface area contributed by atoms with Gasteiger partial charge < -0.3 is 15.0 Å². The van der Waals surface area contributed by atoms with E-state index in [2.05, 4.69) is 5.32 Å². The van der Waals surface area contributed by atoms with Gasteiger partial charge in [0, 0.05) is 30.2 Å². The fraction of sp³-hybridized carbons (Fsp3) is 0.292. The molecule has 4 rings (SSSR count). The van der Waals surface area contributed by atoms with Crippen LogP contribution < -0.4 is 10.9 Å². The second-order valence-corrected chi connectivity index (χ2v) is 7.46. The van der Waals surface area contributed by atoms with Gasteiger partial charge in [0.25, 0.3) is 11.5 Å². The van der Waals surface area contributed by atoms with E-state index in [1.165, 1.54) is 10.6 Å². The van der Waals surface area contributed by atoms with Gasteiger partial charge in [0.1, 0.15) is 6.54 Å². The van der Waals surface area contributed by atoms with Crippen LogP contribution in [0.3, 0.4) is 0 Å². The fourth-order valence-electron chi connectivity index (χ4n) is 3.90. The van der Waals surface area contributed by atoms with E-state index >= 15 is 0 Å². The van der Waals surface area contributed by atoms with Gasteiger partial charge in [-0.3, -0.25) is 19.0 Å². The molecule has 1 saturated heterocycles. The van der Waals surface area contributed by atoms with Gasteiger partial charge in [-0.1, -0.05) is 43.3 Å². The molecule has 1 aliphatic rings. The topological polar surface area (TPSA) is 80.6 Å². The molecule has 0 bridgehead atoms. The van der Waals surface area contributed by atoms with Gasteiger partial charge in [0.05, 0.1) is 24.3 Å². The number of hydrogen-bond acceptors (Lipinski definition) is 4. The summed E-state index contributed by atoms with van der Waals surface area (Å²) in [4.78, 5) is 40.4. The summed E-state index contributed by atoms with van der Waals surface area (Å²) in [6.45, 7) is 3.85. The molecule has 0 atom stereocenters. The lowest BCUT2D eigenvalue weighted by Gasteiger charge is -2.27. The number of aromatic nitrogens is 1. The molecule has 2 amide bonds. The van der Waals surface area contributed by atoms with Crippen LogP contribution in [0.25, 0.3) is 10.9 Å². The van der Waals surface area contributed by atoms with Crippen LogP contribution in [-0.2, 0) is 22.5 Å². The van der Waals surface area contributed by atoms with Crippen LogP contribution in [-0.4, -0.2) is 47.6 Å². The number of nitrogens with one attached hydrogen (secondary N) is 1. The van der Waals surface area contributed by atoms with Crippen molar-refractivity contribution in [2.75, 3.05) is 31.6 Å². The summed E-state index contributed by atoms with van der Waals surface area (Å²) in [7, 11) is 0. The normalized spacial score (nSPS) is 13.9. The molecule has 2 heterocycles. The van der Waals surface area contributed by atoms with Gasteiger partial charge in [0.15, 0.2) is 0 Å². The molecule has 1 aromatic heterocycles. The zero-order valence-corrected chi connectivity index (χ0v) is 17.5. The Labute approximate surface area is 180 Å². The number of para-hydroxylation sites is 2. The van der Waals surface area contributed by atoms with Crippen molar-refractivity contribution in [2.24, 2.45) is 0 Å². The van der Waals surface area contributed by atoms with Crippen molar-refractivity contribution in [1.29, 1.82) is 0 Å². The minimum atomic E-state index is -0.380. The maximum absolute atomic E-state index is 13.1. The van der Waals surface area contributed by atoms with Crippen molar-refractivity contribution in [3.63, 3.8) is 0 Å². The van der Waals surface area contributed by atoms with E-state index in [4.69, 9.17) is 4.74 Å². The average Bonchev–Trinajstić information content (AvgIpc) is 2.81. The molecule has 160 valence electrons. The molecule has 0 unspecified atom stereocenters. The number of aryl methyl sites for hydroxylation is 1. The smallest absolute Gasteiger partial charge is 0.254 e. The van der Waals surface area contributed by atoms with Crippen LogP contribution in [0.2, 0.25) is 0 Å². The number of carbonyl (C=O) groups is 2. The molecular weight excluding hydrogens is 394 g/mol. The van der Waals surface area contributed by atoms with Crippen molar-refractivity contribution >= 4 is 28.4 Å². The van der Waals surface area contributed by atoms with E-state index in [9.17, 15) is 14.4 Å². The van der Waals surface area contributed by atoms with E-state index in [0.29, 0.717) is 42.8 Å². The summed E-state index contributed by atoms with van der Waals surface area (Å²) in [5.41, 5.74) is 2.31. The Hall–Kier alpha value is -3.45. The lowest BCUT2D eigenvalue weighted by Crippen LogP contribution is -2.41. The third-order valence-electron chi connectivity index (χ3n) is 5.52. The van der Waals surface area contributed by atoms with Gasteiger partial charge in [-0.25, -0.2) is 0 Å². The maximum atomic E-state index is 13.1. The van der Waals surface area contributed by atoms with Gasteiger partial charge >= 0.3 is 0 Å². The van der Waals surface area contributed by atoms with Gasteiger partial charge in [-0.05, 0) is 24.1 Å². The summed E-state index contributed by atoms with van der Waals surface area (Å²) in [5.74, 6) is -0.481. The van der Waals surface area contributed by atoms with Crippen molar-refractivity contribution in [1.82, 2.24) is 9.47 Å². The Morgan fingerprint density at radius 1 is 1.03 bits per heavy atom. The summed E-state index contributed by atoms with van der Waals surface area (Å²) >= 11 is 0. The molecule has 1 aliphatic heterocycles. The van der Waals surface area contributed by atoms with Gasteiger partial charge in [-0.15, -0.1) is 0 Å². The molecule has 0 spiro atoms. The number of hydrogen-bond donors (Lipinski definition) is 1.